The summed E-state index contributed by atoms with van der Waals surface area (Å²) >= 11 is 0. The number of carbonyl (C=O) groups is 2. The van der Waals surface area contributed by atoms with Gasteiger partial charge in [0.05, 0.1) is 5.57 Å². The van der Waals surface area contributed by atoms with E-state index in [2.05, 4.69) is 18.7 Å². The number of nitrogens with zero attached hydrogens (tertiary/aromatic N) is 2. The molecule has 1 aliphatic rings. The second-order valence-electron chi connectivity index (χ2n) is 7.33. The minimum Gasteiger partial charge on any atom is -0.507 e. The minimum absolute atomic E-state index is 0.0766. The Labute approximate surface area is 171 Å². The maximum absolute atomic E-state index is 12.9. The lowest BCUT2D eigenvalue weighted by molar-refractivity contribution is -0.140. The third-order valence-corrected chi connectivity index (χ3v) is 5.45. The van der Waals surface area contributed by atoms with Crippen LogP contribution in [0, 0.1) is 13.8 Å². The summed E-state index contributed by atoms with van der Waals surface area (Å²) in [5, 5.41) is 11.0. The highest BCUT2D eigenvalue weighted by atomic mass is 16.3. The predicted octanol–water partition coefficient (Wildman–Crippen LogP) is 3.66. The van der Waals surface area contributed by atoms with Gasteiger partial charge in [0.1, 0.15) is 23.3 Å². The van der Waals surface area contributed by atoms with Crippen molar-refractivity contribution in [2.75, 3.05) is 26.2 Å². The molecule has 2 heterocycles. The first-order valence-electron chi connectivity index (χ1n) is 10.0. The first kappa shape index (κ1) is 20.9. The Morgan fingerprint density at radius 2 is 1.72 bits per heavy atom. The van der Waals surface area contributed by atoms with Crippen molar-refractivity contribution in [2.24, 2.45) is 0 Å². The van der Waals surface area contributed by atoms with Gasteiger partial charge in [-0.2, -0.15) is 0 Å². The van der Waals surface area contributed by atoms with Crippen LogP contribution in [-0.4, -0.2) is 52.8 Å². The van der Waals surface area contributed by atoms with Gasteiger partial charge in [-0.1, -0.05) is 43.7 Å². The Morgan fingerprint density at radius 3 is 2.28 bits per heavy atom. The number of carbonyl (C=O) groups excluding carboxylic acids is 2. The summed E-state index contributed by atoms with van der Waals surface area (Å²) < 4.78 is 5.78. The van der Waals surface area contributed by atoms with Crippen LogP contribution in [-0.2, 0) is 9.59 Å². The van der Waals surface area contributed by atoms with Crippen LogP contribution in [0.3, 0.4) is 0 Å². The molecule has 29 heavy (non-hydrogen) atoms. The fourth-order valence-corrected chi connectivity index (χ4v) is 3.66. The first-order chi connectivity index (χ1) is 13.9. The van der Waals surface area contributed by atoms with Crippen LogP contribution in [0.15, 0.2) is 46.4 Å². The Bertz CT molecular complexity index is 923. The summed E-state index contributed by atoms with van der Waals surface area (Å²) in [6.45, 7) is 10.6. The maximum Gasteiger partial charge on any atom is 0.295 e. The number of benzene rings is 1. The van der Waals surface area contributed by atoms with Gasteiger partial charge in [0, 0.05) is 18.7 Å². The molecule has 1 saturated heterocycles. The van der Waals surface area contributed by atoms with Crippen molar-refractivity contribution in [1.82, 2.24) is 9.80 Å². The van der Waals surface area contributed by atoms with Crippen LogP contribution in [0.2, 0.25) is 0 Å². The van der Waals surface area contributed by atoms with E-state index in [1.54, 1.807) is 24.3 Å². The molecular weight excluding hydrogens is 368 g/mol. The van der Waals surface area contributed by atoms with Crippen LogP contribution in [0.4, 0.5) is 0 Å². The molecule has 0 aliphatic carbocycles. The molecule has 1 fully saturated rings. The van der Waals surface area contributed by atoms with Crippen molar-refractivity contribution in [1.29, 1.82) is 0 Å². The van der Waals surface area contributed by atoms with Crippen LogP contribution < -0.4 is 0 Å². The molecular formula is C23H28N2O4. The van der Waals surface area contributed by atoms with Crippen molar-refractivity contribution >= 4 is 17.4 Å². The minimum atomic E-state index is -0.736. The first-order valence-corrected chi connectivity index (χ1v) is 10.0. The predicted molar refractivity (Wildman–Crippen MR) is 111 cm³/mol. The number of likely N-dealkylation sites (tertiary alicyclic amines) is 1. The summed E-state index contributed by atoms with van der Waals surface area (Å²) in [5.41, 5.74) is 1.62. The molecule has 0 unspecified atom stereocenters. The van der Waals surface area contributed by atoms with E-state index in [1.165, 1.54) is 4.90 Å². The van der Waals surface area contributed by atoms with Gasteiger partial charge in [-0.25, -0.2) is 0 Å². The lowest BCUT2D eigenvalue weighted by Crippen LogP contribution is -2.37. The molecule has 154 valence electrons. The van der Waals surface area contributed by atoms with Crippen molar-refractivity contribution < 1.29 is 19.1 Å². The van der Waals surface area contributed by atoms with Crippen LogP contribution in [0.5, 0.6) is 0 Å². The van der Waals surface area contributed by atoms with Gasteiger partial charge in [0.15, 0.2) is 0 Å². The third-order valence-electron chi connectivity index (χ3n) is 5.45. The quantitative estimate of drug-likeness (QED) is 0.439. The molecule has 1 atom stereocenters. The van der Waals surface area contributed by atoms with Gasteiger partial charge in [0.25, 0.3) is 11.7 Å². The zero-order chi connectivity index (χ0) is 21.1. The van der Waals surface area contributed by atoms with E-state index in [4.69, 9.17) is 4.42 Å². The van der Waals surface area contributed by atoms with Gasteiger partial charge in [0.2, 0.25) is 0 Å². The summed E-state index contributed by atoms with van der Waals surface area (Å²) in [7, 11) is 0. The number of rotatable bonds is 7. The number of hydrogen-bond acceptors (Lipinski definition) is 5. The smallest absolute Gasteiger partial charge is 0.295 e. The summed E-state index contributed by atoms with van der Waals surface area (Å²) in [5.74, 6) is -0.293. The SMILES string of the molecule is CCN(CC)CCN1C(=O)C(=O)C(=C(O)c2ccc(C)cc2)[C@H]1c1ccc(C)o1. The Kier molecular flexibility index (Phi) is 6.23. The number of aliphatic hydroxyl groups is 1. The van der Waals surface area contributed by atoms with Crippen molar-refractivity contribution in [3.05, 3.63) is 64.6 Å². The molecule has 0 spiro atoms. The average molecular weight is 396 g/mol. The fraction of sp³-hybridized carbons (Fsp3) is 0.391. The molecule has 1 N–H and O–H groups in total. The highest BCUT2D eigenvalue weighted by Crippen LogP contribution is 2.39. The van der Waals surface area contributed by atoms with Crippen molar-refractivity contribution in [3.8, 4) is 0 Å². The standard InChI is InChI=1S/C23H28N2O4/c1-5-24(6-2)13-14-25-20(18-12-9-16(4)29-18)19(22(27)23(25)28)21(26)17-10-7-15(3)8-11-17/h7-12,20,26H,5-6,13-14H2,1-4H3/t20-/m1/s1. The molecule has 1 amide bonds. The largest absolute Gasteiger partial charge is 0.507 e. The number of aliphatic hydroxyl groups excluding tert-OH is 1. The van der Waals surface area contributed by atoms with Crippen LogP contribution in [0.1, 0.15) is 42.5 Å². The normalized spacial score (nSPS) is 18.8. The Morgan fingerprint density at radius 1 is 1.07 bits per heavy atom. The van der Waals surface area contributed by atoms with Crippen LogP contribution >= 0.6 is 0 Å². The lowest BCUT2D eigenvalue weighted by atomic mass is 9.99. The highest BCUT2D eigenvalue weighted by molar-refractivity contribution is 6.46. The molecule has 0 radical (unpaired) electrons. The van der Waals surface area contributed by atoms with Gasteiger partial charge >= 0.3 is 0 Å². The molecule has 6 nitrogen and oxygen atoms in total. The number of ketones is 1. The molecule has 1 aromatic carbocycles. The number of hydrogen-bond donors (Lipinski definition) is 1. The van der Waals surface area contributed by atoms with E-state index >= 15 is 0 Å². The van der Waals surface area contributed by atoms with E-state index in [0.29, 0.717) is 30.2 Å². The number of furan rings is 1. The summed E-state index contributed by atoms with van der Waals surface area (Å²) in [6, 6.07) is 10.0. The van der Waals surface area contributed by atoms with Gasteiger partial charge in [-0.3, -0.25) is 9.59 Å². The maximum atomic E-state index is 12.9. The zero-order valence-electron chi connectivity index (χ0n) is 17.4. The van der Waals surface area contributed by atoms with E-state index in [0.717, 1.165) is 18.7 Å². The topological polar surface area (TPSA) is 74.0 Å². The summed E-state index contributed by atoms with van der Waals surface area (Å²) in [6.07, 6.45) is 0. The van der Waals surface area contributed by atoms with Gasteiger partial charge in [-0.15, -0.1) is 0 Å². The van der Waals surface area contributed by atoms with Gasteiger partial charge in [-0.05, 0) is 39.1 Å². The number of aryl methyl sites for hydroxylation is 2. The zero-order valence-corrected chi connectivity index (χ0v) is 17.4. The highest BCUT2D eigenvalue weighted by Gasteiger charge is 2.47. The van der Waals surface area contributed by atoms with Crippen LogP contribution in [0.25, 0.3) is 5.76 Å². The Balaban J connectivity index is 2.06. The number of Topliss-reactive ketones (excluding diaryl/α,β-unsaturated/α-hetero) is 1. The molecule has 1 aliphatic heterocycles. The molecule has 2 aromatic rings. The second kappa shape index (κ2) is 8.66. The second-order valence-corrected chi connectivity index (χ2v) is 7.33. The summed E-state index contributed by atoms with van der Waals surface area (Å²) in [4.78, 5) is 29.5. The van der Waals surface area contributed by atoms with Gasteiger partial charge < -0.3 is 19.3 Å². The molecule has 6 heteroatoms. The molecule has 1 aromatic heterocycles. The van der Waals surface area contributed by atoms with E-state index in [9.17, 15) is 14.7 Å². The lowest BCUT2D eigenvalue weighted by Gasteiger charge is -2.26. The monoisotopic (exact) mass is 396 g/mol. The number of amides is 1. The van der Waals surface area contributed by atoms with Crippen molar-refractivity contribution in [2.45, 2.75) is 33.7 Å². The molecule has 0 saturated carbocycles. The Hall–Kier alpha value is -2.86. The van der Waals surface area contributed by atoms with Crippen molar-refractivity contribution in [3.63, 3.8) is 0 Å². The van der Waals surface area contributed by atoms with E-state index in [1.807, 2.05) is 26.0 Å². The fourth-order valence-electron chi connectivity index (χ4n) is 3.66. The van der Waals surface area contributed by atoms with E-state index < -0.39 is 17.7 Å². The number of likely N-dealkylation sites (N-methyl/N-ethyl adjacent to an activating group) is 1. The molecule has 3 rings (SSSR count). The third kappa shape index (κ3) is 4.12. The molecule has 0 bridgehead atoms. The van der Waals surface area contributed by atoms with E-state index in [-0.39, 0.29) is 11.3 Å². The average Bonchev–Trinajstić information content (AvgIpc) is 3.24.